The SMILES string of the molecule is C[C@@H](CC#N)[C@H](NC(=O)c1ccc(C(F)(F)F)cc1)C(N)=O. The van der Waals surface area contributed by atoms with Crippen molar-refractivity contribution in [3.8, 4) is 6.07 Å². The maximum absolute atomic E-state index is 12.4. The molecule has 3 N–H and O–H groups in total. The molecule has 0 heterocycles. The van der Waals surface area contributed by atoms with Crippen LogP contribution >= 0.6 is 0 Å². The smallest absolute Gasteiger partial charge is 0.368 e. The van der Waals surface area contributed by atoms with Gasteiger partial charge in [0.2, 0.25) is 5.91 Å². The lowest BCUT2D eigenvalue weighted by Gasteiger charge is -2.20. The van der Waals surface area contributed by atoms with Crippen LogP contribution in [0.4, 0.5) is 13.2 Å². The van der Waals surface area contributed by atoms with Crippen molar-refractivity contribution >= 4 is 11.8 Å². The van der Waals surface area contributed by atoms with Crippen LogP contribution in [0.1, 0.15) is 29.3 Å². The van der Waals surface area contributed by atoms with E-state index < -0.39 is 35.5 Å². The van der Waals surface area contributed by atoms with Crippen LogP contribution in [0.3, 0.4) is 0 Å². The summed E-state index contributed by atoms with van der Waals surface area (Å²) >= 11 is 0. The van der Waals surface area contributed by atoms with E-state index in [0.29, 0.717) is 0 Å². The number of halogens is 3. The highest BCUT2D eigenvalue weighted by molar-refractivity contribution is 5.97. The summed E-state index contributed by atoms with van der Waals surface area (Å²) in [7, 11) is 0. The molecular formula is C14H14F3N3O2. The van der Waals surface area contributed by atoms with Crippen molar-refractivity contribution in [3.05, 3.63) is 35.4 Å². The average molecular weight is 313 g/mol. The minimum atomic E-state index is -4.49. The van der Waals surface area contributed by atoms with Crippen LogP contribution in [0, 0.1) is 17.2 Å². The number of nitrogens with zero attached hydrogens (tertiary/aromatic N) is 1. The van der Waals surface area contributed by atoms with E-state index in [2.05, 4.69) is 5.32 Å². The molecule has 0 aliphatic heterocycles. The molecule has 0 fully saturated rings. The molecule has 2 atom stereocenters. The van der Waals surface area contributed by atoms with E-state index in [-0.39, 0.29) is 12.0 Å². The molecule has 118 valence electrons. The molecule has 0 unspecified atom stereocenters. The number of carbonyl (C=O) groups is 2. The molecule has 0 saturated heterocycles. The number of hydrogen-bond acceptors (Lipinski definition) is 3. The van der Waals surface area contributed by atoms with Crippen LogP contribution in [-0.4, -0.2) is 17.9 Å². The zero-order chi connectivity index (χ0) is 16.9. The van der Waals surface area contributed by atoms with Gasteiger partial charge in [-0.2, -0.15) is 18.4 Å². The maximum Gasteiger partial charge on any atom is 0.416 e. The minimum Gasteiger partial charge on any atom is -0.368 e. The van der Waals surface area contributed by atoms with Crippen molar-refractivity contribution in [3.63, 3.8) is 0 Å². The molecule has 0 aliphatic carbocycles. The van der Waals surface area contributed by atoms with Crippen LogP contribution in [0.5, 0.6) is 0 Å². The van der Waals surface area contributed by atoms with Crippen molar-refractivity contribution in [2.75, 3.05) is 0 Å². The number of benzene rings is 1. The quantitative estimate of drug-likeness (QED) is 0.868. The Bertz CT molecular complexity index is 591. The lowest BCUT2D eigenvalue weighted by molar-refractivity contribution is -0.137. The molecule has 0 spiro atoms. The second kappa shape index (κ2) is 6.93. The lowest BCUT2D eigenvalue weighted by Crippen LogP contribution is -2.48. The number of primary amides is 1. The molecule has 1 aromatic rings. The Morgan fingerprint density at radius 3 is 2.27 bits per heavy atom. The van der Waals surface area contributed by atoms with Crippen molar-refractivity contribution in [1.82, 2.24) is 5.32 Å². The largest absolute Gasteiger partial charge is 0.416 e. The van der Waals surface area contributed by atoms with Gasteiger partial charge in [-0.25, -0.2) is 0 Å². The Hall–Kier alpha value is -2.56. The Morgan fingerprint density at radius 1 is 1.32 bits per heavy atom. The summed E-state index contributed by atoms with van der Waals surface area (Å²) < 4.78 is 37.3. The Morgan fingerprint density at radius 2 is 1.86 bits per heavy atom. The molecule has 0 bridgehead atoms. The van der Waals surface area contributed by atoms with Gasteiger partial charge < -0.3 is 11.1 Å². The summed E-state index contributed by atoms with van der Waals surface area (Å²) in [5.41, 5.74) is 4.24. The first-order valence-electron chi connectivity index (χ1n) is 6.31. The molecule has 5 nitrogen and oxygen atoms in total. The highest BCUT2D eigenvalue weighted by atomic mass is 19.4. The maximum atomic E-state index is 12.4. The summed E-state index contributed by atoms with van der Waals surface area (Å²) in [5.74, 6) is -2.06. The number of rotatable bonds is 5. The fourth-order valence-electron chi connectivity index (χ4n) is 1.79. The number of nitrogens with one attached hydrogen (secondary N) is 1. The van der Waals surface area contributed by atoms with Crippen LogP contribution in [0.15, 0.2) is 24.3 Å². The fourth-order valence-corrected chi connectivity index (χ4v) is 1.79. The van der Waals surface area contributed by atoms with Gasteiger partial charge in [-0.1, -0.05) is 6.92 Å². The zero-order valence-electron chi connectivity index (χ0n) is 11.6. The molecule has 0 aromatic heterocycles. The van der Waals surface area contributed by atoms with E-state index >= 15 is 0 Å². The van der Waals surface area contributed by atoms with Crippen LogP contribution in [0.25, 0.3) is 0 Å². The van der Waals surface area contributed by atoms with Gasteiger partial charge in [0.05, 0.1) is 11.6 Å². The number of amides is 2. The summed E-state index contributed by atoms with van der Waals surface area (Å²) in [6, 6.07) is 4.33. The zero-order valence-corrected chi connectivity index (χ0v) is 11.6. The van der Waals surface area contributed by atoms with E-state index in [1.54, 1.807) is 6.92 Å². The Kier molecular flexibility index (Phi) is 5.51. The summed E-state index contributed by atoms with van der Waals surface area (Å²) in [6.45, 7) is 1.56. The fraction of sp³-hybridized carbons (Fsp3) is 0.357. The highest BCUT2D eigenvalue weighted by Crippen LogP contribution is 2.29. The van der Waals surface area contributed by atoms with Crippen molar-refractivity contribution in [2.45, 2.75) is 25.6 Å². The molecule has 0 aliphatic rings. The molecular weight excluding hydrogens is 299 g/mol. The third-order valence-electron chi connectivity index (χ3n) is 3.05. The van der Waals surface area contributed by atoms with Gasteiger partial charge in [-0.05, 0) is 30.2 Å². The van der Waals surface area contributed by atoms with E-state index in [1.165, 1.54) is 0 Å². The number of nitriles is 1. The third-order valence-corrected chi connectivity index (χ3v) is 3.05. The summed E-state index contributed by atoms with van der Waals surface area (Å²) in [6.07, 6.45) is -4.49. The first kappa shape index (κ1) is 17.5. The second-order valence-corrected chi connectivity index (χ2v) is 4.77. The Balaban J connectivity index is 2.87. The summed E-state index contributed by atoms with van der Waals surface area (Å²) in [4.78, 5) is 23.3. The van der Waals surface area contributed by atoms with E-state index in [0.717, 1.165) is 24.3 Å². The molecule has 1 rings (SSSR count). The first-order valence-corrected chi connectivity index (χ1v) is 6.31. The number of nitrogens with two attached hydrogens (primary N) is 1. The van der Waals surface area contributed by atoms with E-state index in [9.17, 15) is 22.8 Å². The average Bonchev–Trinajstić information content (AvgIpc) is 2.43. The topological polar surface area (TPSA) is 96.0 Å². The monoisotopic (exact) mass is 313 g/mol. The predicted octanol–water partition coefficient (Wildman–Crippen LogP) is 1.84. The Labute approximate surface area is 124 Å². The normalized spacial score (nSPS) is 13.8. The third kappa shape index (κ3) is 4.48. The number of alkyl halides is 3. The van der Waals surface area contributed by atoms with E-state index in [1.807, 2.05) is 6.07 Å². The molecule has 0 saturated carbocycles. The van der Waals surface area contributed by atoms with Gasteiger partial charge in [0.25, 0.3) is 5.91 Å². The van der Waals surface area contributed by atoms with Crippen molar-refractivity contribution < 1.29 is 22.8 Å². The van der Waals surface area contributed by atoms with Gasteiger partial charge in [-0.3, -0.25) is 9.59 Å². The van der Waals surface area contributed by atoms with E-state index in [4.69, 9.17) is 11.0 Å². The predicted molar refractivity (Wildman–Crippen MR) is 71.3 cm³/mol. The number of hydrogen-bond donors (Lipinski definition) is 2. The van der Waals surface area contributed by atoms with Gasteiger partial charge in [0, 0.05) is 12.0 Å². The van der Waals surface area contributed by atoms with Gasteiger partial charge in [0.15, 0.2) is 0 Å². The van der Waals surface area contributed by atoms with Gasteiger partial charge in [-0.15, -0.1) is 0 Å². The first-order chi connectivity index (χ1) is 10.2. The van der Waals surface area contributed by atoms with Crippen molar-refractivity contribution in [1.29, 1.82) is 5.26 Å². The summed E-state index contributed by atoms with van der Waals surface area (Å²) in [5, 5.41) is 10.9. The molecule has 8 heteroatoms. The molecule has 22 heavy (non-hydrogen) atoms. The minimum absolute atomic E-state index is 0.000891. The highest BCUT2D eigenvalue weighted by Gasteiger charge is 2.30. The van der Waals surface area contributed by atoms with Crippen LogP contribution in [0.2, 0.25) is 0 Å². The van der Waals surface area contributed by atoms with Crippen LogP contribution in [-0.2, 0) is 11.0 Å². The molecule has 0 radical (unpaired) electrons. The second-order valence-electron chi connectivity index (χ2n) is 4.77. The van der Waals surface area contributed by atoms with Gasteiger partial charge >= 0.3 is 6.18 Å². The lowest BCUT2D eigenvalue weighted by atomic mass is 9.98. The van der Waals surface area contributed by atoms with Gasteiger partial charge in [0.1, 0.15) is 6.04 Å². The molecule has 2 amide bonds. The van der Waals surface area contributed by atoms with Crippen molar-refractivity contribution in [2.24, 2.45) is 11.7 Å². The van der Waals surface area contributed by atoms with Crippen LogP contribution < -0.4 is 11.1 Å². The number of carbonyl (C=O) groups excluding carboxylic acids is 2. The molecule has 1 aromatic carbocycles. The standard InChI is InChI=1S/C14H14F3N3O2/c1-8(6-7-18)11(12(19)21)20-13(22)9-2-4-10(5-3-9)14(15,16)17/h2-5,8,11H,6H2,1H3,(H2,19,21)(H,20,22)/t8-,11-/m0/s1.